The van der Waals surface area contributed by atoms with Crippen LogP contribution in [0.25, 0.3) is 0 Å². The lowest BCUT2D eigenvalue weighted by Crippen LogP contribution is -2.54. The van der Waals surface area contributed by atoms with Gasteiger partial charge < -0.3 is 30.2 Å². The number of benzene rings is 4. The van der Waals surface area contributed by atoms with Crippen LogP contribution in [0.2, 0.25) is 0 Å². The van der Waals surface area contributed by atoms with E-state index in [1.54, 1.807) is 46.8 Å². The van der Waals surface area contributed by atoms with E-state index >= 15 is 0 Å². The van der Waals surface area contributed by atoms with Gasteiger partial charge in [-0.2, -0.15) is 0 Å². The largest absolute Gasteiger partial charge is 0.444 e. The van der Waals surface area contributed by atoms with Gasteiger partial charge in [-0.25, -0.2) is 4.79 Å². The Morgan fingerprint density at radius 1 is 0.696 bits per heavy atom. The van der Waals surface area contributed by atoms with Crippen LogP contribution in [0.4, 0.5) is 4.79 Å². The summed E-state index contributed by atoms with van der Waals surface area (Å²) < 4.78 is 15.8. The standard InChI is InChI=1S/C46H57N3O6S/c1-45(2,3)55-44(52)49-40(31-32-56-46(34-21-9-6-10-22-34,35-23-11-7-12-24-35)36-25-13-8-14-26-36)43(51)48-39(29-18-30-41(53-4)54-5)42(50)47-38-28-17-20-33-19-15-16-27-37(33)38/h6-16,19,21-27,38-41H,17-18,20,28-32H2,1-5H3,(H,47,50)(H,48,51)(H,49,52)/t38-,39?,40+/m1/s1. The second kappa shape index (κ2) is 20.5. The first-order valence-electron chi connectivity index (χ1n) is 19.6. The lowest BCUT2D eigenvalue weighted by atomic mass is 9.84. The van der Waals surface area contributed by atoms with Gasteiger partial charge >= 0.3 is 6.09 Å². The molecule has 1 aliphatic rings. The number of amides is 3. The van der Waals surface area contributed by atoms with Crippen molar-refractivity contribution in [2.75, 3.05) is 20.0 Å². The summed E-state index contributed by atoms with van der Waals surface area (Å²) in [7, 11) is 3.15. The molecule has 298 valence electrons. The van der Waals surface area contributed by atoms with Gasteiger partial charge in [-0.1, -0.05) is 115 Å². The highest BCUT2D eigenvalue weighted by molar-refractivity contribution is 8.00. The number of hydrogen-bond acceptors (Lipinski definition) is 7. The first kappa shape index (κ1) is 42.5. The number of rotatable bonds is 18. The summed E-state index contributed by atoms with van der Waals surface area (Å²) in [5.74, 6) is -0.250. The molecular formula is C46H57N3O6S. The van der Waals surface area contributed by atoms with Gasteiger partial charge in [0.05, 0.1) is 10.8 Å². The zero-order valence-electron chi connectivity index (χ0n) is 33.3. The van der Waals surface area contributed by atoms with E-state index in [0.717, 1.165) is 41.5 Å². The number of fused-ring (bicyclic) bond motifs is 1. The summed E-state index contributed by atoms with van der Waals surface area (Å²) in [4.78, 5) is 41.8. The van der Waals surface area contributed by atoms with Gasteiger partial charge in [0.25, 0.3) is 0 Å². The normalized spacial score (nSPS) is 15.3. The molecular weight excluding hydrogens is 723 g/mol. The second-order valence-electron chi connectivity index (χ2n) is 15.2. The lowest BCUT2D eigenvalue weighted by molar-refractivity contribution is -0.131. The Hall–Kier alpha value is -4.64. The van der Waals surface area contributed by atoms with E-state index in [9.17, 15) is 14.4 Å². The molecule has 0 radical (unpaired) electrons. The Bertz CT molecular complexity index is 1740. The van der Waals surface area contributed by atoms with Gasteiger partial charge in [-0.15, -0.1) is 11.8 Å². The molecule has 5 rings (SSSR count). The molecule has 1 aliphatic carbocycles. The molecule has 3 atom stereocenters. The quantitative estimate of drug-likeness (QED) is 0.0686. The van der Waals surface area contributed by atoms with E-state index in [2.05, 4.69) is 64.5 Å². The zero-order valence-corrected chi connectivity index (χ0v) is 34.1. The van der Waals surface area contributed by atoms with Crippen molar-refractivity contribution in [2.45, 2.75) is 100 Å². The van der Waals surface area contributed by atoms with Crippen molar-refractivity contribution >= 4 is 29.7 Å². The molecule has 0 saturated heterocycles. The number of nitrogens with one attached hydrogen (secondary N) is 3. The number of carbonyl (C=O) groups is 3. The molecule has 0 saturated carbocycles. The van der Waals surface area contributed by atoms with Gasteiger partial charge in [-0.3, -0.25) is 9.59 Å². The van der Waals surface area contributed by atoms with Crippen LogP contribution in [0.1, 0.15) is 93.2 Å². The van der Waals surface area contributed by atoms with Crippen molar-refractivity contribution in [3.8, 4) is 0 Å². The summed E-state index contributed by atoms with van der Waals surface area (Å²) in [5.41, 5.74) is 4.83. The number of hydrogen-bond donors (Lipinski definition) is 3. The third-order valence-electron chi connectivity index (χ3n) is 10.1. The topological polar surface area (TPSA) is 115 Å². The first-order valence-corrected chi connectivity index (χ1v) is 20.6. The van der Waals surface area contributed by atoms with Crippen LogP contribution in [0.5, 0.6) is 0 Å². The predicted molar refractivity (Wildman–Crippen MR) is 223 cm³/mol. The van der Waals surface area contributed by atoms with Crippen LogP contribution >= 0.6 is 11.8 Å². The van der Waals surface area contributed by atoms with E-state index in [-0.39, 0.29) is 18.4 Å². The minimum Gasteiger partial charge on any atom is -0.444 e. The Morgan fingerprint density at radius 2 is 1.23 bits per heavy atom. The van der Waals surface area contributed by atoms with Gasteiger partial charge in [0, 0.05) is 14.2 Å². The Morgan fingerprint density at radius 3 is 1.79 bits per heavy atom. The van der Waals surface area contributed by atoms with Crippen molar-refractivity contribution in [2.24, 2.45) is 0 Å². The summed E-state index contributed by atoms with van der Waals surface area (Å²) in [6, 6.07) is 37.2. The number of aryl methyl sites for hydroxylation is 1. The van der Waals surface area contributed by atoms with Crippen LogP contribution in [-0.4, -0.2) is 61.9 Å². The molecule has 4 aromatic rings. The number of thioether (sulfide) groups is 1. The monoisotopic (exact) mass is 779 g/mol. The van der Waals surface area contributed by atoms with Crippen LogP contribution in [0.3, 0.4) is 0 Å². The van der Waals surface area contributed by atoms with E-state index in [0.29, 0.717) is 25.0 Å². The van der Waals surface area contributed by atoms with Crippen LogP contribution < -0.4 is 16.0 Å². The maximum atomic E-state index is 14.4. The van der Waals surface area contributed by atoms with Crippen molar-refractivity contribution in [3.63, 3.8) is 0 Å². The fraction of sp³-hybridized carbons (Fsp3) is 0.413. The first-order chi connectivity index (χ1) is 27.0. The molecule has 0 bridgehead atoms. The number of carbonyl (C=O) groups excluding carboxylic acids is 3. The van der Waals surface area contributed by atoms with E-state index < -0.39 is 40.7 Å². The minimum atomic E-state index is -0.992. The Labute approximate surface area is 336 Å². The van der Waals surface area contributed by atoms with Crippen molar-refractivity contribution in [3.05, 3.63) is 143 Å². The summed E-state index contributed by atoms with van der Waals surface area (Å²) in [5, 5.41) is 9.13. The number of ether oxygens (including phenoxy) is 3. The average molecular weight is 780 g/mol. The minimum absolute atomic E-state index is 0.160. The predicted octanol–water partition coefficient (Wildman–Crippen LogP) is 8.46. The highest BCUT2D eigenvalue weighted by Gasteiger charge is 2.38. The molecule has 3 amide bonds. The summed E-state index contributed by atoms with van der Waals surface area (Å²) in [6.45, 7) is 5.34. The number of methoxy groups -OCH3 is 2. The molecule has 9 nitrogen and oxygen atoms in total. The molecule has 0 spiro atoms. The third kappa shape index (κ3) is 11.5. The maximum absolute atomic E-state index is 14.4. The fourth-order valence-electron chi connectivity index (χ4n) is 7.35. The Kier molecular flexibility index (Phi) is 15.6. The molecule has 0 fully saturated rings. The summed E-state index contributed by atoms with van der Waals surface area (Å²) >= 11 is 1.70. The van der Waals surface area contributed by atoms with Gasteiger partial charge in [0.15, 0.2) is 6.29 Å². The lowest BCUT2D eigenvalue weighted by Gasteiger charge is -2.36. The van der Waals surface area contributed by atoms with Gasteiger partial charge in [0.1, 0.15) is 17.7 Å². The zero-order chi connectivity index (χ0) is 40.0. The highest BCUT2D eigenvalue weighted by Crippen LogP contribution is 2.48. The van der Waals surface area contributed by atoms with Gasteiger partial charge in [-0.05, 0) is 99.3 Å². The molecule has 1 unspecified atom stereocenters. The van der Waals surface area contributed by atoms with Crippen molar-refractivity contribution < 1.29 is 28.6 Å². The average Bonchev–Trinajstić information content (AvgIpc) is 3.20. The SMILES string of the molecule is COC(CCCC(NC(=O)[C@H](CCSC(c1ccccc1)(c1ccccc1)c1ccccc1)NC(=O)OC(C)(C)C)C(=O)N[C@@H]1CCCc2ccccc21)OC. The molecule has 0 aliphatic heterocycles. The van der Waals surface area contributed by atoms with Crippen LogP contribution in [0, 0.1) is 0 Å². The van der Waals surface area contributed by atoms with Crippen LogP contribution in [0.15, 0.2) is 115 Å². The van der Waals surface area contributed by atoms with Crippen molar-refractivity contribution in [1.82, 2.24) is 16.0 Å². The van der Waals surface area contributed by atoms with Gasteiger partial charge in [0.2, 0.25) is 11.8 Å². The Balaban J connectivity index is 1.41. The van der Waals surface area contributed by atoms with Crippen molar-refractivity contribution in [1.29, 1.82) is 0 Å². The molecule has 4 aromatic carbocycles. The molecule has 56 heavy (non-hydrogen) atoms. The van der Waals surface area contributed by atoms with E-state index in [1.807, 2.05) is 66.7 Å². The second-order valence-corrected chi connectivity index (χ2v) is 16.5. The third-order valence-corrected chi connectivity index (χ3v) is 11.6. The molecule has 10 heteroatoms. The molecule has 0 aromatic heterocycles. The van der Waals surface area contributed by atoms with E-state index in [1.165, 1.54) is 5.56 Å². The smallest absolute Gasteiger partial charge is 0.408 e. The summed E-state index contributed by atoms with van der Waals surface area (Å²) in [6.07, 6.45) is 3.31. The molecule has 0 heterocycles. The number of alkyl carbamates (subject to hydrolysis) is 1. The van der Waals surface area contributed by atoms with E-state index in [4.69, 9.17) is 14.2 Å². The fourth-order valence-corrected chi connectivity index (χ4v) is 8.92. The van der Waals surface area contributed by atoms with Crippen LogP contribution in [-0.2, 0) is 35.0 Å². The maximum Gasteiger partial charge on any atom is 0.408 e. The molecule has 3 N–H and O–H groups in total. The highest BCUT2D eigenvalue weighted by atomic mass is 32.2.